The van der Waals surface area contributed by atoms with E-state index >= 15 is 0 Å². The van der Waals surface area contributed by atoms with E-state index in [9.17, 15) is 13.6 Å². The smallest absolute Gasteiger partial charge is 0.287 e. The van der Waals surface area contributed by atoms with E-state index in [4.69, 9.17) is 4.74 Å². The van der Waals surface area contributed by atoms with Gasteiger partial charge in [-0.2, -0.15) is 0 Å². The summed E-state index contributed by atoms with van der Waals surface area (Å²) < 4.78 is 36.5. The number of benzene rings is 1. The Labute approximate surface area is 174 Å². The number of halogens is 2. The number of thiazole rings is 1. The Bertz CT molecular complexity index is 1250. The zero-order valence-corrected chi connectivity index (χ0v) is 16.9. The maximum Gasteiger partial charge on any atom is 0.287 e. The molecular weight excluding hydrogens is 410 g/mol. The van der Waals surface area contributed by atoms with E-state index in [2.05, 4.69) is 9.97 Å². The zero-order chi connectivity index (χ0) is 20.9. The molecule has 1 fully saturated rings. The summed E-state index contributed by atoms with van der Waals surface area (Å²) in [4.78, 5) is 23.8. The molecule has 1 aromatic carbocycles. The average molecular weight is 428 g/mol. The van der Waals surface area contributed by atoms with Crippen LogP contribution in [0.15, 0.2) is 48.0 Å². The number of imidazole rings is 1. The van der Waals surface area contributed by atoms with Gasteiger partial charge in [0.15, 0.2) is 11.1 Å². The monoisotopic (exact) mass is 428 g/mol. The Balaban J connectivity index is 1.39. The number of para-hydroxylation sites is 1. The maximum absolute atomic E-state index is 14.6. The number of amides is 1. The quantitative estimate of drug-likeness (QED) is 0.491. The average Bonchev–Trinajstić information content (AvgIpc) is 3.28. The van der Waals surface area contributed by atoms with E-state index < -0.39 is 18.4 Å². The molecule has 0 radical (unpaired) electrons. The molecule has 1 saturated heterocycles. The van der Waals surface area contributed by atoms with Crippen molar-refractivity contribution in [1.29, 1.82) is 0 Å². The molecule has 4 heterocycles. The number of hydrogen-bond acceptors (Lipinski definition) is 5. The summed E-state index contributed by atoms with van der Waals surface area (Å²) in [5.41, 5.74) is 1.88. The van der Waals surface area contributed by atoms with E-state index in [1.165, 1.54) is 16.2 Å². The lowest BCUT2D eigenvalue weighted by Gasteiger charge is -2.37. The predicted octanol–water partition coefficient (Wildman–Crippen LogP) is 4.18. The van der Waals surface area contributed by atoms with Crippen molar-refractivity contribution < 1.29 is 18.3 Å². The molecule has 6 nitrogen and oxygen atoms in total. The van der Waals surface area contributed by atoms with Gasteiger partial charge in [-0.15, -0.1) is 11.3 Å². The van der Waals surface area contributed by atoms with Gasteiger partial charge < -0.3 is 9.64 Å². The first-order valence-corrected chi connectivity index (χ1v) is 10.4. The van der Waals surface area contributed by atoms with Gasteiger partial charge in [-0.3, -0.25) is 9.20 Å². The number of alkyl halides is 2. The molecule has 0 bridgehead atoms. The second-order valence-corrected chi connectivity index (χ2v) is 8.20. The van der Waals surface area contributed by atoms with Crippen molar-refractivity contribution in [2.75, 3.05) is 13.1 Å². The number of hydrogen-bond donors (Lipinski definition) is 0. The van der Waals surface area contributed by atoms with Gasteiger partial charge in [-0.25, -0.2) is 18.7 Å². The first-order valence-electron chi connectivity index (χ1n) is 9.53. The van der Waals surface area contributed by atoms with Crippen LogP contribution in [0.3, 0.4) is 0 Å². The highest BCUT2D eigenvalue weighted by molar-refractivity contribution is 7.15. The molecule has 1 unspecified atom stereocenters. The lowest BCUT2D eigenvalue weighted by atomic mass is 10.0. The fraction of sp³-hybridized carbons (Fsp3) is 0.286. The third kappa shape index (κ3) is 3.28. The number of ether oxygens (including phenoxy) is 1. The van der Waals surface area contributed by atoms with Crippen molar-refractivity contribution in [3.8, 4) is 5.88 Å². The number of fused-ring (bicyclic) bond motifs is 2. The standard InChI is InChI=1S/C21H18F2N4O2S/c1-13-10-27-16(12-30-20(27)24-13)19(28)26-9-8-21(22,23)17(11-26)29-18-7-6-14-4-2-3-5-15(14)25-18/h2-7,10,12,17H,8-9,11H2,1H3. The summed E-state index contributed by atoms with van der Waals surface area (Å²) in [7, 11) is 0. The van der Waals surface area contributed by atoms with Crippen LogP contribution in [-0.2, 0) is 0 Å². The number of carbonyl (C=O) groups excluding carboxylic acids is 1. The van der Waals surface area contributed by atoms with Gasteiger partial charge in [0.1, 0.15) is 5.69 Å². The highest BCUT2D eigenvalue weighted by Gasteiger charge is 2.47. The third-order valence-corrected chi connectivity index (χ3v) is 6.08. The van der Waals surface area contributed by atoms with E-state index in [1.54, 1.807) is 34.2 Å². The van der Waals surface area contributed by atoms with Crippen molar-refractivity contribution >= 4 is 33.1 Å². The van der Waals surface area contributed by atoms with Gasteiger partial charge in [0, 0.05) is 36.0 Å². The molecule has 0 spiro atoms. The summed E-state index contributed by atoms with van der Waals surface area (Å²) in [6.45, 7) is 1.59. The Kier molecular flexibility index (Phi) is 4.43. The number of pyridine rings is 1. The molecule has 0 N–H and O–H groups in total. The van der Waals surface area contributed by atoms with Crippen molar-refractivity contribution in [1.82, 2.24) is 19.3 Å². The third-order valence-electron chi connectivity index (χ3n) is 5.24. The van der Waals surface area contributed by atoms with E-state index in [0.717, 1.165) is 11.1 Å². The second-order valence-electron chi connectivity index (χ2n) is 7.37. The highest BCUT2D eigenvalue weighted by Crippen LogP contribution is 2.32. The van der Waals surface area contributed by atoms with Crippen LogP contribution in [0.2, 0.25) is 0 Å². The van der Waals surface area contributed by atoms with Crippen molar-refractivity contribution in [3.05, 3.63) is 59.4 Å². The van der Waals surface area contributed by atoms with Crippen molar-refractivity contribution in [3.63, 3.8) is 0 Å². The van der Waals surface area contributed by atoms with Gasteiger partial charge in [0.2, 0.25) is 5.88 Å². The second kappa shape index (κ2) is 7.02. The number of aromatic nitrogens is 3. The minimum atomic E-state index is -3.06. The van der Waals surface area contributed by atoms with Crippen LogP contribution in [0.1, 0.15) is 22.6 Å². The summed E-state index contributed by atoms with van der Waals surface area (Å²) in [6.07, 6.45) is -0.166. The fourth-order valence-electron chi connectivity index (χ4n) is 3.65. The largest absolute Gasteiger partial charge is 0.466 e. The Morgan fingerprint density at radius 3 is 2.93 bits per heavy atom. The minimum Gasteiger partial charge on any atom is -0.466 e. The molecule has 0 aliphatic carbocycles. The molecule has 154 valence electrons. The molecule has 1 aliphatic rings. The van der Waals surface area contributed by atoms with Crippen molar-refractivity contribution in [2.24, 2.45) is 0 Å². The molecule has 1 atom stereocenters. The van der Waals surface area contributed by atoms with Gasteiger partial charge in [0.25, 0.3) is 11.8 Å². The van der Waals surface area contributed by atoms with Gasteiger partial charge in [-0.1, -0.05) is 18.2 Å². The fourth-order valence-corrected chi connectivity index (χ4v) is 4.54. The lowest BCUT2D eigenvalue weighted by molar-refractivity contribution is -0.131. The predicted molar refractivity (Wildman–Crippen MR) is 109 cm³/mol. The number of rotatable bonds is 3. The first-order chi connectivity index (χ1) is 14.4. The SMILES string of the molecule is Cc1cn2c(C(=O)N3CCC(F)(F)C(Oc4ccc5ccccc5n4)C3)csc2n1. The maximum atomic E-state index is 14.6. The summed E-state index contributed by atoms with van der Waals surface area (Å²) in [5.74, 6) is -3.25. The van der Waals surface area contributed by atoms with Crippen LogP contribution in [-0.4, -0.2) is 50.3 Å². The molecular formula is C21H18F2N4O2S. The molecule has 30 heavy (non-hydrogen) atoms. The van der Waals surface area contributed by atoms with Crippen LogP contribution < -0.4 is 4.74 Å². The van der Waals surface area contributed by atoms with Crippen LogP contribution >= 0.6 is 11.3 Å². The van der Waals surface area contributed by atoms with Crippen LogP contribution in [0, 0.1) is 6.92 Å². The number of aryl methyl sites for hydroxylation is 1. The van der Waals surface area contributed by atoms with Gasteiger partial charge in [0.05, 0.1) is 17.8 Å². The number of likely N-dealkylation sites (tertiary alicyclic amines) is 1. The van der Waals surface area contributed by atoms with Gasteiger partial charge in [-0.05, 0) is 19.1 Å². The van der Waals surface area contributed by atoms with E-state index in [0.29, 0.717) is 16.2 Å². The Hall–Kier alpha value is -3.07. The summed E-state index contributed by atoms with van der Waals surface area (Å²) in [6, 6.07) is 10.8. The minimum absolute atomic E-state index is 0.0398. The summed E-state index contributed by atoms with van der Waals surface area (Å²) in [5, 5.41) is 2.60. The van der Waals surface area contributed by atoms with Crippen LogP contribution in [0.5, 0.6) is 5.88 Å². The van der Waals surface area contributed by atoms with Crippen LogP contribution in [0.4, 0.5) is 8.78 Å². The Morgan fingerprint density at radius 1 is 1.23 bits per heavy atom. The van der Waals surface area contributed by atoms with Crippen molar-refractivity contribution in [2.45, 2.75) is 25.4 Å². The number of piperidine rings is 1. The molecule has 4 aromatic rings. The zero-order valence-electron chi connectivity index (χ0n) is 16.1. The summed E-state index contributed by atoms with van der Waals surface area (Å²) >= 11 is 1.35. The molecule has 5 rings (SSSR count). The topological polar surface area (TPSA) is 59.7 Å². The van der Waals surface area contributed by atoms with Gasteiger partial charge >= 0.3 is 0 Å². The normalized spacial score (nSPS) is 18.8. The highest BCUT2D eigenvalue weighted by atomic mass is 32.1. The van der Waals surface area contributed by atoms with Crippen LogP contribution in [0.25, 0.3) is 15.9 Å². The molecule has 0 saturated carbocycles. The van der Waals surface area contributed by atoms with E-state index in [-0.39, 0.29) is 24.9 Å². The van der Waals surface area contributed by atoms with E-state index in [1.807, 2.05) is 25.1 Å². The molecule has 9 heteroatoms. The lowest BCUT2D eigenvalue weighted by Crippen LogP contribution is -2.55. The molecule has 3 aromatic heterocycles. The molecule has 1 aliphatic heterocycles. The first kappa shape index (κ1) is 18.9. The number of nitrogens with zero attached hydrogens (tertiary/aromatic N) is 4. The Morgan fingerprint density at radius 2 is 2.07 bits per heavy atom. The number of carbonyl (C=O) groups is 1. The molecule has 1 amide bonds.